The Morgan fingerprint density at radius 3 is 2.83 bits per heavy atom. The smallest absolute Gasteiger partial charge is 0.161 e. The topological polar surface area (TPSA) is 60.3 Å². The maximum atomic E-state index is 9.02. The first kappa shape index (κ1) is 11.3. The van der Waals surface area contributed by atoms with Crippen LogP contribution in [0.1, 0.15) is 18.4 Å². The number of hydrogen-bond acceptors (Lipinski definition) is 5. The van der Waals surface area contributed by atoms with Gasteiger partial charge < -0.3 is 19.4 Å². The number of oxime groups is 1. The zero-order valence-corrected chi connectivity index (χ0v) is 9.96. The molecule has 0 saturated heterocycles. The highest BCUT2D eigenvalue weighted by Crippen LogP contribution is 2.31. The Morgan fingerprint density at radius 2 is 2.06 bits per heavy atom. The first-order chi connectivity index (χ1) is 8.86. The molecule has 5 nitrogen and oxygen atoms in total. The van der Waals surface area contributed by atoms with Crippen molar-refractivity contribution in [3.8, 4) is 11.5 Å². The minimum absolute atomic E-state index is 0.0163. The molecule has 0 saturated carbocycles. The SMILES string of the molecule is OCC1CC(c2ccc3c(c2)OCCCO3)=NO1. The van der Waals surface area contributed by atoms with Gasteiger partial charge in [-0.25, -0.2) is 0 Å². The second-order valence-electron chi connectivity index (χ2n) is 4.36. The molecule has 3 rings (SSSR count). The molecule has 5 heteroatoms. The van der Waals surface area contributed by atoms with Crippen molar-refractivity contribution in [1.82, 2.24) is 0 Å². The molecule has 2 aliphatic rings. The van der Waals surface area contributed by atoms with Gasteiger partial charge >= 0.3 is 0 Å². The number of aliphatic hydroxyl groups is 1. The van der Waals surface area contributed by atoms with E-state index in [2.05, 4.69) is 5.16 Å². The molecule has 1 aromatic rings. The van der Waals surface area contributed by atoms with E-state index in [0.29, 0.717) is 19.6 Å². The normalized spacial score (nSPS) is 22.1. The van der Waals surface area contributed by atoms with Gasteiger partial charge in [-0.2, -0.15) is 0 Å². The predicted molar refractivity (Wildman–Crippen MR) is 65.2 cm³/mol. The van der Waals surface area contributed by atoms with E-state index >= 15 is 0 Å². The minimum Gasteiger partial charge on any atom is -0.490 e. The standard InChI is InChI=1S/C13H15NO4/c15-8-10-7-11(14-18-10)9-2-3-12-13(6-9)17-5-1-4-16-12/h2-3,6,10,15H,1,4-5,7-8H2. The molecule has 0 radical (unpaired) electrons. The molecule has 1 aromatic carbocycles. The maximum Gasteiger partial charge on any atom is 0.161 e. The van der Waals surface area contributed by atoms with Crippen LogP contribution >= 0.6 is 0 Å². The summed E-state index contributed by atoms with van der Waals surface area (Å²) >= 11 is 0. The second-order valence-corrected chi connectivity index (χ2v) is 4.36. The Morgan fingerprint density at radius 1 is 1.22 bits per heavy atom. The molecular weight excluding hydrogens is 234 g/mol. The number of aliphatic hydroxyl groups excluding tert-OH is 1. The van der Waals surface area contributed by atoms with Crippen LogP contribution in [0.4, 0.5) is 0 Å². The summed E-state index contributed by atoms with van der Waals surface area (Å²) in [5.41, 5.74) is 1.79. The van der Waals surface area contributed by atoms with Crippen LogP contribution in [-0.4, -0.2) is 36.7 Å². The van der Waals surface area contributed by atoms with Crippen molar-refractivity contribution < 1.29 is 19.4 Å². The lowest BCUT2D eigenvalue weighted by Crippen LogP contribution is -2.12. The van der Waals surface area contributed by atoms with E-state index in [1.54, 1.807) is 0 Å². The Bertz CT molecular complexity index is 472. The van der Waals surface area contributed by atoms with E-state index in [1.807, 2.05) is 18.2 Å². The van der Waals surface area contributed by atoms with Crippen molar-refractivity contribution >= 4 is 5.71 Å². The molecule has 1 atom stereocenters. The van der Waals surface area contributed by atoms with E-state index in [9.17, 15) is 0 Å². The summed E-state index contributed by atoms with van der Waals surface area (Å²) in [6.45, 7) is 1.33. The summed E-state index contributed by atoms with van der Waals surface area (Å²) in [6.07, 6.45) is 1.28. The third-order valence-corrected chi connectivity index (χ3v) is 3.02. The average molecular weight is 249 g/mol. The summed E-state index contributed by atoms with van der Waals surface area (Å²) in [4.78, 5) is 5.10. The average Bonchev–Trinajstić information content (AvgIpc) is 2.76. The molecule has 1 N–H and O–H groups in total. The molecule has 2 heterocycles. The molecule has 0 aromatic heterocycles. The fourth-order valence-electron chi connectivity index (χ4n) is 2.04. The molecule has 0 amide bonds. The first-order valence-electron chi connectivity index (χ1n) is 6.10. The van der Waals surface area contributed by atoms with Gasteiger partial charge in [0.25, 0.3) is 0 Å². The molecule has 0 fully saturated rings. The van der Waals surface area contributed by atoms with Gasteiger partial charge in [-0.1, -0.05) is 5.16 Å². The summed E-state index contributed by atoms with van der Waals surface area (Å²) in [5, 5.41) is 13.0. The van der Waals surface area contributed by atoms with Crippen molar-refractivity contribution in [3.05, 3.63) is 23.8 Å². The molecule has 0 aliphatic carbocycles. The zero-order valence-electron chi connectivity index (χ0n) is 9.96. The molecule has 2 aliphatic heterocycles. The van der Waals surface area contributed by atoms with Gasteiger partial charge in [0, 0.05) is 18.4 Å². The van der Waals surface area contributed by atoms with E-state index in [1.165, 1.54) is 0 Å². The predicted octanol–water partition coefficient (Wildman–Crippen LogP) is 1.33. The molecule has 0 bridgehead atoms. The third kappa shape index (κ3) is 2.13. The van der Waals surface area contributed by atoms with Gasteiger partial charge in [-0.05, 0) is 18.2 Å². The van der Waals surface area contributed by atoms with Gasteiger partial charge in [-0.15, -0.1) is 0 Å². The van der Waals surface area contributed by atoms with Crippen LogP contribution < -0.4 is 9.47 Å². The van der Waals surface area contributed by atoms with Gasteiger partial charge in [0.05, 0.1) is 25.5 Å². The number of hydrogen-bond donors (Lipinski definition) is 1. The van der Waals surface area contributed by atoms with Gasteiger partial charge in [0.15, 0.2) is 17.6 Å². The van der Waals surface area contributed by atoms with Crippen LogP contribution in [0.5, 0.6) is 11.5 Å². The lowest BCUT2D eigenvalue weighted by Gasteiger charge is -2.08. The fourth-order valence-corrected chi connectivity index (χ4v) is 2.04. The van der Waals surface area contributed by atoms with Crippen LogP contribution in [-0.2, 0) is 4.84 Å². The molecule has 0 spiro atoms. The van der Waals surface area contributed by atoms with Gasteiger partial charge in [0.2, 0.25) is 0 Å². The summed E-state index contributed by atoms with van der Waals surface area (Å²) in [5.74, 6) is 1.52. The monoisotopic (exact) mass is 249 g/mol. The van der Waals surface area contributed by atoms with E-state index in [0.717, 1.165) is 29.2 Å². The minimum atomic E-state index is -0.226. The van der Waals surface area contributed by atoms with Crippen LogP contribution in [0.25, 0.3) is 0 Å². The third-order valence-electron chi connectivity index (χ3n) is 3.02. The molecule has 96 valence electrons. The quantitative estimate of drug-likeness (QED) is 0.859. The lowest BCUT2D eigenvalue weighted by atomic mass is 10.0. The van der Waals surface area contributed by atoms with Crippen LogP contribution in [0.3, 0.4) is 0 Å². The van der Waals surface area contributed by atoms with Crippen molar-refractivity contribution in [1.29, 1.82) is 0 Å². The van der Waals surface area contributed by atoms with E-state index in [4.69, 9.17) is 19.4 Å². The summed E-state index contributed by atoms with van der Waals surface area (Å²) in [6, 6.07) is 5.75. The second kappa shape index (κ2) is 4.86. The Kier molecular flexibility index (Phi) is 3.06. The maximum absolute atomic E-state index is 9.02. The van der Waals surface area contributed by atoms with E-state index in [-0.39, 0.29) is 12.7 Å². The highest BCUT2D eigenvalue weighted by molar-refractivity contribution is 6.01. The van der Waals surface area contributed by atoms with Crippen LogP contribution in [0.2, 0.25) is 0 Å². The van der Waals surface area contributed by atoms with E-state index < -0.39 is 0 Å². The molecule has 1 unspecified atom stereocenters. The largest absolute Gasteiger partial charge is 0.490 e. The highest BCUT2D eigenvalue weighted by atomic mass is 16.6. The Labute approximate surface area is 105 Å². The number of ether oxygens (including phenoxy) is 2. The number of nitrogens with zero attached hydrogens (tertiary/aromatic N) is 1. The van der Waals surface area contributed by atoms with Gasteiger partial charge in [0.1, 0.15) is 0 Å². The van der Waals surface area contributed by atoms with Crippen molar-refractivity contribution in [3.63, 3.8) is 0 Å². The zero-order chi connectivity index (χ0) is 12.4. The molecule has 18 heavy (non-hydrogen) atoms. The Hall–Kier alpha value is -1.75. The first-order valence-corrected chi connectivity index (χ1v) is 6.10. The lowest BCUT2D eigenvalue weighted by molar-refractivity contribution is 0.0390. The number of benzene rings is 1. The van der Waals surface area contributed by atoms with Gasteiger partial charge in [-0.3, -0.25) is 0 Å². The fraction of sp³-hybridized carbons (Fsp3) is 0.462. The summed E-state index contributed by atoms with van der Waals surface area (Å²) < 4.78 is 11.2. The number of rotatable bonds is 2. The van der Waals surface area contributed by atoms with Crippen molar-refractivity contribution in [2.24, 2.45) is 5.16 Å². The highest BCUT2D eigenvalue weighted by Gasteiger charge is 2.22. The molecular formula is C13H15NO4. The Balaban J connectivity index is 1.84. The van der Waals surface area contributed by atoms with Crippen LogP contribution in [0, 0.1) is 0 Å². The number of fused-ring (bicyclic) bond motifs is 1. The summed E-state index contributed by atoms with van der Waals surface area (Å²) in [7, 11) is 0. The van der Waals surface area contributed by atoms with Crippen LogP contribution in [0.15, 0.2) is 23.4 Å². The van der Waals surface area contributed by atoms with Crippen molar-refractivity contribution in [2.75, 3.05) is 19.8 Å². The van der Waals surface area contributed by atoms with Crippen molar-refractivity contribution in [2.45, 2.75) is 18.9 Å².